The fourth-order valence-corrected chi connectivity index (χ4v) is 1.75. The topological polar surface area (TPSA) is 102 Å². The summed E-state index contributed by atoms with van der Waals surface area (Å²) >= 11 is 0. The van der Waals surface area contributed by atoms with Crippen LogP contribution in [0.25, 0.3) is 0 Å². The standard InChI is InChI=1S/C12H21O6/c1-2-3-4-5-6-17-11-9(14)8(7-13)18-12(16)10(11)15/h5-6,8-15H,2-4,7H2,1H3/q-1/b6-5+/t8-,9-,10-,11+,12-/m1/s1. The van der Waals surface area contributed by atoms with Gasteiger partial charge in [-0.05, 0) is 18.9 Å². The maximum Gasteiger partial charge on any atom is 0.153 e. The molecule has 0 aliphatic carbocycles. The predicted molar refractivity (Wildman–Crippen MR) is 61.3 cm³/mol. The summed E-state index contributed by atoms with van der Waals surface area (Å²) in [6.07, 6.45) is -0.461. The molecule has 0 aromatic carbocycles. The van der Waals surface area contributed by atoms with Crippen molar-refractivity contribution in [2.75, 3.05) is 6.61 Å². The lowest BCUT2D eigenvalue weighted by molar-refractivity contribution is -0.532. The van der Waals surface area contributed by atoms with Crippen molar-refractivity contribution in [2.24, 2.45) is 0 Å². The monoisotopic (exact) mass is 261 g/mol. The number of ether oxygens (including phenoxy) is 2. The highest BCUT2D eigenvalue weighted by Crippen LogP contribution is 2.21. The summed E-state index contributed by atoms with van der Waals surface area (Å²) in [6, 6.07) is 0. The van der Waals surface area contributed by atoms with Crippen LogP contribution in [-0.2, 0) is 9.47 Å². The lowest BCUT2D eigenvalue weighted by atomic mass is 9.99. The highest BCUT2D eigenvalue weighted by molar-refractivity contribution is 4.91. The lowest BCUT2D eigenvalue weighted by Crippen LogP contribution is -2.62. The molecule has 5 atom stereocenters. The smallest absolute Gasteiger partial charge is 0.153 e. The molecule has 1 heterocycles. The first kappa shape index (κ1) is 15.4. The molecule has 1 fully saturated rings. The second kappa shape index (κ2) is 7.70. The van der Waals surface area contributed by atoms with Crippen molar-refractivity contribution in [1.29, 1.82) is 0 Å². The van der Waals surface area contributed by atoms with Crippen molar-refractivity contribution in [3.8, 4) is 0 Å². The molecule has 0 unspecified atom stereocenters. The molecule has 1 aliphatic rings. The van der Waals surface area contributed by atoms with Crippen LogP contribution in [0.1, 0.15) is 26.2 Å². The average molecular weight is 261 g/mol. The summed E-state index contributed by atoms with van der Waals surface area (Å²) in [6.45, 7) is 1.57. The van der Waals surface area contributed by atoms with Gasteiger partial charge >= 0.3 is 0 Å². The Balaban J connectivity index is 2.51. The van der Waals surface area contributed by atoms with E-state index in [1.165, 1.54) is 6.26 Å². The first-order chi connectivity index (χ1) is 8.61. The zero-order valence-corrected chi connectivity index (χ0v) is 10.4. The molecule has 0 aromatic rings. The van der Waals surface area contributed by atoms with Gasteiger partial charge in [0, 0.05) is 6.29 Å². The molecule has 0 amide bonds. The summed E-state index contributed by atoms with van der Waals surface area (Å²) in [7, 11) is 0. The van der Waals surface area contributed by atoms with Gasteiger partial charge < -0.3 is 29.9 Å². The van der Waals surface area contributed by atoms with Gasteiger partial charge in [0.15, 0.2) is 6.10 Å². The van der Waals surface area contributed by atoms with Gasteiger partial charge in [0.1, 0.15) is 18.3 Å². The van der Waals surface area contributed by atoms with Gasteiger partial charge in [-0.2, -0.15) is 0 Å². The van der Waals surface area contributed by atoms with Gasteiger partial charge in [-0.3, -0.25) is 0 Å². The van der Waals surface area contributed by atoms with Gasteiger partial charge in [0.25, 0.3) is 0 Å². The van der Waals surface area contributed by atoms with Gasteiger partial charge in [-0.25, -0.2) is 0 Å². The largest absolute Gasteiger partial charge is 0.829 e. The third-order valence-corrected chi connectivity index (χ3v) is 2.88. The number of unbranched alkanes of at least 4 members (excludes halogenated alkanes) is 2. The van der Waals surface area contributed by atoms with E-state index in [0.29, 0.717) is 0 Å². The maximum absolute atomic E-state index is 11.3. The molecular weight excluding hydrogens is 240 g/mol. The predicted octanol–water partition coefficient (Wildman–Crippen LogP) is -1.13. The Labute approximate surface area is 106 Å². The molecule has 6 nitrogen and oxygen atoms in total. The Bertz CT molecular complexity index is 257. The van der Waals surface area contributed by atoms with E-state index in [0.717, 1.165) is 19.3 Å². The molecule has 0 bridgehead atoms. The zero-order valence-electron chi connectivity index (χ0n) is 10.4. The molecule has 0 saturated carbocycles. The van der Waals surface area contributed by atoms with E-state index in [9.17, 15) is 15.3 Å². The van der Waals surface area contributed by atoms with Gasteiger partial charge in [0.2, 0.25) is 0 Å². The summed E-state index contributed by atoms with van der Waals surface area (Å²) in [5.41, 5.74) is 0. The minimum atomic E-state index is -1.72. The Hall–Kier alpha value is -0.660. The van der Waals surface area contributed by atoms with E-state index in [-0.39, 0.29) is 0 Å². The lowest BCUT2D eigenvalue weighted by Gasteiger charge is -2.44. The van der Waals surface area contributed by atoms with Crippen molar-refractivity contribution < 1.29 is 29.9 Å². The molecule has 3 N–H and O–H groups in total. The van der Waals surface area contributed by atoms with Crippen LogP contribution in [-0.4, -0.2) is 52.6 Å². The third kappa shape index (κ3) is 3.93. The first-order valence-corrected chi connectivity index (χ1v) is 6.20. The average Bonchev–Trinajstić information content (AvgIpc) is 2.37. The molecule has 106 valence electrons. The van der Waals surface area contributed by atoms with Crippen LogP contribution in [0.15, 0.2) is 12.3 Å². The fourth-order valence-electron chi connectivity index (χ4n) is 1.75. The van der Waals surface area contributed by atoms with Gasteiger partial charge in [-0.15, -0.1) is 0 Å². The Kier molecular flexibility index (Phi) is 6.59. The highest BCUT2D eigenvalue weighted by atomic mass is 16.6. The summed E-state index contributed by atoms with van der Waals surface area (Å²) in [4.78, 5) is 0. The van der Waals surface area contributed by atoms with Crippen LogP contribution in [0, 0.1) is 0 Å². The van der Waals surface area contributed by atoms with E-state index >= 15 is 0 Å². The summed E-state index contributed by atoms with van der Waals surface area (Å²) < 4.78 is 9.91. The molecular formula is C12H21O6-. The van der Waals surface area contributed by atoms with Crippen molar-refractivity contribution in [2.45, 2.75) is 56.9 Å². The number of aliphatic hydroxyl groups is 3. The Morgan fingerprint density at radius 3 is 2.67 bits per heavy atom. The van der Waals surface area contributed by atoms with Crippen LogP contribution in [0.3, 0.4) is 0 Å². The SMILES string of the molecule is CCCC/C=C/O[C@@H]1[C@@H](O)[C@H]([O-])O[C@H](CO)[C@H]1O. The van der Waals surface area contributed by atoms with Crippen LogP contribution in [0.5, 0.6) is 0 Å². The van der Waals surface area contributed by atoms with E-state index in [1.807, 2.05) is 0 Å². The highest BCUT2D eigenvalue weighted by Gasteiger charge is 2.41. The Morgan fingerprint density at radius 2 is 2.06 bits per heavy atom. The van der Waals surface area contributed by atoms with Crippen LogP contribution < -0.4 is 5.11 Å². The number of aliphatic hydroxyl groups excluding tert-OH is 3. The van der Waals surface area contributed by atoms with Crippen molar-refractivity contribution in [3.05, 3.63) is 12.3 Å². The van der Waals surface area contributed by atoms with E-state index in [2.05, 4.69) is 6.92 Å². The first-order valence-electron chi connectivity index (χ1n) is 6.20. The molecule has 1 rings (SSSR count). The molecule has 6 heteroatoms. The molecule has 0 spiro atoms. The van der Waals surface area contributed by atoms with Gasteiger partial charge in [-0.1, -0.05) is 13.3 Å². The number of allylic oxidation sites excluding steroid dienone is 1. The minimum absolute atomic E-state index is 0.494. The quantitative estimate of drug-likeness (QED) is 0.413. The fraction of sp³-hybridized carbons (Fsp3) is 0.833. The number of rotatable bonds is 6. The normalized spacial score (nSPS) is 37.1. The molecule has 0 aromatic heterocycles. The van der Waals surface area contributed by atoms with Crippen molar-refractivity contribution in [3.63, 3.8) is 0 Å². The van der Waals surface area contributed by atoms with E-state index in [1.54, 1.807) is 6.08 Å². The van der Waals surface area contributed by atoms with Gasteiger partial charge in [0.05, 0.1) is 12.9 Å². The third-order valence-electron chi connectivity index (χ3n) is 2.88. The molecule has 1 saturated heterocycles. The number of hydrogen-bond acceptors (Lipinski definition) is 6. The van der Waals surface area contributed by atoms with Crippen LogP contribution in [0.2, 0.25) is 0 Å². The molecule has 0 radical (unpaired) electrons. The zero-order chi connectivity index (χ0) is 13.5. The molecule has 18 heavy (non-hydrogen) atoms. The Morgan fingerprint density at radius 1 is 1.33 bits per heavy atom. The van der Waals surface area contributed by atoms with Crippen molar-refractivity contribution >= 4 is 0 Å². The summed E-state index contributed by atoms with van der Waals surface area (Å²) in [5.74, 6) is 0. The van der Waals surface area contributed by atoms with E-state index < -0.39 is 37.3 Å². The van der Waals surface area contributed by atoms with Crippen LogP contribution in [0.4, 0.5) is 0 Å². The second-order valence-electron chi connectivity index (χ2n) is 4.32. The van der Waals surface area contributed by atoms with Crippen molar-refractivity contribution in [1.82, 2.24) is 0 Å². The minimum Gasteiger partial charge on any atom is -0.829 e. The van der Waals surface area contributed by atoms with Crippen LogP contribution >= 0.6 is 0 Å². The summed E-state index contributed by atoms with van der Waals surface area (Å²) in [5, 5.41) is 39.6. The second-order valence-corrected chi connectivity index (χ2v) is 4.32. The van der Waals surface area contributed by atoms with E-state index in [4.69, 9.17) is 14.6 Å². The molecule has 1 aliphatic heterocycles. The maximum atomic E-state index is 11.3. The number of hydrogen-bond donors (Lipinski definition) is 3.